The molecule has 25 heavy (non-hydrogen) atoms. The van der Waals surface area contributed by atoms with Gasteiger partial charge in [-0.3, -0.25) is 4.79 Å². The maximum atomic E-state index is 12.4. The Morgan fingerprint density at radius 1 is 1.08 bits per heavy atom. The zero-order valence-corrected chi connectivity index (χ0v) is 14.4. The molecule has 0 spiro atoms. The largest absolute Gasteiger partial charge is 0.334 e. The maximum Gasteiger partial charge on any atom is 0.263 e. The van der Waals surface area contributed by atoms with Crippen LogP contribution in [0.25, 0.3) is 22.7 Å². The molecule has 7 heteroatoms. The van der Waals surface area contributed by atoms with E-state index in [0.29, 0.717) is 11.4 Å². The first-order valence-corrected chi connectivity index (χ1v) is 8.08. The van der Waals surface area contributed by atoms with Gasteiger partial charge in [0, 0.05) is 5.69 Å². The van der Waals surface area contributed by atoms with E-state index in [0.717, 1.165) is 36.9 Å². The van der Waals surface area contributed by atoms with Crippen molar-refractivity contribution in [2.45, 2.75) is 31.2 Å². The van der Waals surface area contributed by atoms with Gasteiger partial charge in [0.05, 0.1) is 5.54 Å². The summed E-state index contributed by atoms with van der Waals surface area (Å²) < 4.78 is 5.29. The highest BCUT2D eigenvalue weighted by atomic mass is 35.5. The molecule has 4 rings (SSSR count). The Hall–Kier alpha value is -2.44. The van der Waals surface area contributed by atoms with Gasteiger partial charge < -0.3 is 15.2 Å². The van der Waals surface area contributed by atoms with E-state index in [1.807, 2.05) is 36.4 Å². The van der Waals surface area contributed by atoms with Crippen LogP contribution in [0.5, 0.6) is 0 Å². The van der Waals surface area contributed by atoms with Crippen molar-refractivity contribution in [3.05, 3.63) is 58.6 Å². The number of benzene rings is 1. The molecule has 1 aliphatic carbocycles. The molecule has 0 saturated heterocycles. The van der Waals surface area contributed by atoms with Crippen LogP contribution in [0.15, 0.2) is 51.8 Å². The van der Waals surface area contributed by atoms with Crippen LogP contribution in [-0.2, 0) is 5.54 Å². The highest BCUT2D eigenvalue weighted by Gasteiger charge is 2.36. The number of aromatic nitrogens is 3. The minimum Gasteiger partial charge on any atom is -0.334 e. The molecule has 0 aliphatic heterocycles. The third-order valence-electron chi connectivity index (χ3n) is 4.59. The van der Waals surface area contributed by atoms with E-state index in [2.05, 4.69) is 15.1 Å². The van der Waals surface area contributed by atoms with Crippen LogP contribution in [0.2, 0.25) is 0 Å². The summed E-state index contributed by atoms with van der Waals surface area (Å²) in [7, 11) is 0. The van der Waals surface area contributed by atoms with Gasteiger partial charge in [0.15, 0.2) is 5.82 Å². The van der Waals surface area contributed by atoms with Crippen LogP contribution in [0.1, 0.15) is 31.5 Å². The van der Waals surface area contributed by atoms with E-state index in [1.165, 1.54) is 0 Å². The minimum atomic E-state index is -0.529. The van der Waals surface area contributed by atoms with Gasteiger partial charge in [0.2, 0.25) is 0 Å². The quantitative estimate of drug-likeness (QED) is 0.749. The second-order valence-electron chi connectivity index (χ2n) is 6.27. The monoisotopic (exact) mass is 358 g/mol. The number of pyridine rings is 1. The van der Waals surface area contributed by atoms with Crippen LogP contribution in [0, 0.1) is 0 Å². The summed E-state index contributed by atoms with van der Waals surface area (Å²) in [4.78, 5) is 19.6. The van der Waals surface area contributed by atoms with Crippen LogP contribution in [-0.4, -0.2) is 15.1 Å². The molecule has 2 heterocycles. The van der Waals surface area contributed by atoms with Gasteiger partial charge in [-0.05, 0) is 30.5 Å². The number of H-pyrrole nitrogens is 1. The molecule has 3 N–H and O–H groups in total. The smallest absolute Gasteiger partial charge is 0.263 e. The first kappa shape index (κ1) is 17.4. The van der Waals surface area contributed by atoms with Crippen molar-refractivity contribution in [1.29, 1.82) is 0 Å². The van der Waals surface area contributed by atoms with Gasteiger partial charge in [-0.1, -0.05) is 48.3 Å². The third-order valence-corrected chi connectivity index (χ3v) is 4.59. The molecule has 6 nitrogen and oxygen atoms in total. The van der Waals surface area contributed by atoms with E-state index in [-0.39, 0.29) is 23.9 Å². The molecule has 130 valence electrons. The molecule has 0 unspecified atom stereocenters. The molecule has 1 fully saturated rings. The van der Waals surface area contributed by atoms with Gasteiger partial charge in [-0.2, -0.15) is 4.98 Å². The number of nitrogens with two attached hydrogens (primary N) is 1. The van der Waals surface area contributed by atoms with Crippen molar-refractivity contribution >= 4 is 12.4 Å². The van der Waals surface area contributed by atoms with Crippen molar-refractivity contribution in [1.82, 2.24) is 15.1 Å². The standard InChI is InChI=1S/C18H18N4O2.ClH/c19-18(10-4-5-11-18)17-21-16(24-22-17)13-8-9-14(20-15(13)23)12-6-2-1-3-7-12;/h1-3,6-9H,4-5,10-11,19H2,(H,20,23);1H. The SMILES string of the molecule is Cl.NC1(c2noc(-c3ccc(-c4ccccc4)[nH]c3=O)n2)CCCC1. The second kappa shape index (κ2) is 6.82. The number of rotatable bonds is 3. The van der Waals surface area contributed by atoms with Crippen molar-refractivity contribution in [2.75, 3.05) is 0 Å². The molecule has 2 aromatic heterocycles. The number of halogens is 1. The van der Waals surface area contributed by atoms with Gasteiger partial charge in [-0.25, -0.2) is 0 Å². The number of hydrogen-bond donors (Lipinski definition) is 2. The molecule has 1 aromatic carbocycles. The molecule has 1 aliphatic rings. The first-order valence-electron chi connectivity index (χ1n) is 8.08. The fraction of sp³-hybridized carbons (Fsp3) is 0.278. The highest BCUT2D eigenvalue weighted by molar-refractivity contribution is 5.85. The molecule has 3 aromatic rings. The summed E-state index contributed by atoms with van der Waals surface area (Å²) in [6.07, 6.45) is 3.81. The molecule has 0 atom stereocenters. The summed E-state index contributed by atoms with van der Waals surface area (Å²) in [6.45, 7) is 0. The Morgan fingerprint density at radius 3 is 2.48 bits per heavy atom. The fourth-order valence-electron chi connectivity index (χ4n) is 3.19. The summed E-state index contributed by atoms with van der Waals surface area (Å²) in [5, 5.41) is 4.00. The van der Waals surface area contributed by atoms with E-state index >= 15 is 0 Å². The first-order chi connectivity index (χ1) is 11.7. The van der Waals surface area contributed by atoms with Crippen LogP contribution >= 0.6 is 12.4 Å². The van der Waals surface area contributed by atoms with Crippen molar-refractivity contribution in [2.24, 2.45) is 5.73 Å². The van der Waals surface area contributed by atoms with Gasteiger partial charge in [0.1, 0.15) is 5.56 Å². The Labute approximate surface area is 150 Å². The van der Waals surface area contributed by atoms with Crippen LogP contribution in [0.3, 0.4) is 0 Å². The molecule has 0 radical (unpaired) electrons. The van der Waals surface area contributed by atoms with Crippen molar-refractivity contribution in [3.63, 3.8) is 0 Å². The minimum absolute atomic E-state index is 0. The molecule has 1 saturated carbocycles. The number of nitrogens with zero attached hydrogens (tertiary/aromatic N) is 2. The van der Waals surface area contributed by atoms with E-state index in [9.17, 15) is 4.79 Å². The molecule has 0 bridgehead atoms. The zero-order valence-electron chi connectivity index (χ0n) is 13.6. The molecular weight excluding hydrogens is 340 g/mol. The lowest BCUT2D eigenvalue weighted by Crippen LogP contribution is -2.34. The number of hydrogen-bond acceptors (Lipinski definition) is 5. The van der Waals surface area contributed by atoms with Gasteiger partial charge in [-0.15, -0.1) is 12.4 Å². The van der Waals surface area contributed by atoms with Crippen molar-refractivity contribution < 1.29 is 4.52 Å². The molecule has 0 amide bonds. The Kier molecular flexibility index (Phi) is 4.74. The lowest BCUT2D eigenvalue weighted by atomic mass is 9.99. The lowest BCUT2D eigenvalue weighted by molar-refractivity contribution is 0.372. The van der Waals surface area contributed by atoms with Crippen molar-refractivity contribution in [3.8, 4) is 22.7 Å². The summed E-state index contributed by atoms with van der Waals surface area (Å²) in [5.41, 5.74) is 7.60. The normalized spacial score (nSPS) is 15.7. The third kappa shape index (κ3) is 3.23. The van der Waals surface area contributed by atoms with E-state index in [1.54, 1.807) is 6.07 Å². The van der Waals surface area contributed by atoms with Crippen LogP contribution in [0.4, 0.5) is 0 Å². The molecular formula is C18H19ClN4O2. The Bertz CT molecular complexity index is 914. The number of nitrogens with one attached hydrogen (secondary N) is 1. The maximum absolute atomic E-state index is 12.4. The average Bonchev–Trinajstić information content (AvgIpc) is 3.26. The summed E-state index contributed by atoms with van der Waals surface area (Å²) >= 11 is 0. The van der Waals surface area contributed by atoms with E-state index < -0.39 is 5.54 Å². The topological polar surface area (TPSA) is 97.8 Å². The summed E-state index contributed by atoms with van der Waals surface area (Å²) in [6, 6.07) is 13.2. The predicted molar refractivity (Wildman–Crippen MR) is 97.4 cm³/mol. The number of aromatic amines is 1. The summed E-state index contributed by atoms with van der Waals surface area (Å²) in [5.74, 6) is 0.698. The lowest BCUT2D eigenvalue weighted by Gasteiger charge is -2.17. The predicted octanol–water partition coefficient (Wildman–Crippen LogP) is 3.24. The van der Waals surface area contributed by atoms with E-state index in [4.69, 9.17) is 10.3 Å². The highest BCUT2D eigenvalue weighted by Crippen LogP contribution is 2.35. The van der Waals surface area contributed by atoms with Crippen LogP contribution < -0.4 is 11.3 Å². The average molecular weight is 359 g/mol. The Morgan fingerprint density at radius 2 is 1.80 bits per heavy atom. The van der Waals surface area contributed by atoms with Gasteiger partial charge >= 0.3 is 0 Å². The Balaban J connectivity index is 0.00000182. The zero-order chi connectivity index (χ0) is 16.6. The fourth-order valence-corrected chi connectivity index (χ4v) is 3.19. The second-order valence-corrected chi connectivity index (χ2v) is 6.27. The van der Waals surface area contributed by atoms with Gasteiger partial charge in [0.25, 0.3) is 11.4 Å².